The maximum absolute atomic E-state index is 9.08. The molecule has 0 spiro atoms. The molecule has 1 unspecified atom stereocenters. The summed E-state index contributed by atoms with van der Waals surface area (Å²) in [4.78, 5) is 4.24. The van der Waals surface area contributed by atoms with Crippen molar-refractivity contribution in [1.82, 2.24) is 4.98 Å². The molecule has 84 valence electrons. The second kappa shape index (κ2) is 6.08. The van der Waals surface area contributed by atoms with Crippen molar-refractivity contribution in [2.24, 2.45) is 0 Å². The molecule has 1 aromatic heterocycles. The molecule has 1 heterocycles. The van der Waals surface area contributed by atoms with Gasteiger partial charge in [-0.1, -0.05) is 0 Å². The quantitative estimate of drug-likeness (QED) is 0.811. The van der Waals surface area contributed by atoms with E-state index >= 15 is 0 Å². The van der Waals surface area contributed by atoms with Crippen LogP contribution in [0.15, 0.2) is 16.7 Å². The van der Waals surface area contributed by atoms with Crippen molar-refractivity contribution in [1.29, 1.82) is 0 Å². The van der Waals surface area contributed by atoms with Crippen molar-refractivity contribution in [3.8, 4) is 0 Å². The van der Waals surface area contributed by atoms with Crippen LogP contribution < -0.4 is 5.32 Å². The molecular formula is C11H17BrN2O. The molecular weight excluding hydrogens is 256 g/mol. The van der Waals surface area contributed by atoms with Gasteiger partial charge in [-0.15, -0.1) is 0 Å². The molecule has 0 fully saturated rings. The molecule has 0 saturated heterocycles. The summed E-state index contributed by atoms with van der Waals surface area (Å²) in [5.41, 5.74) is 1.17. The zero-order valence-electron chi connectivity index (χ0n) is 9.13. The fraction of sp³-hybridized carbons (Fsp3) is 0.545. The lowest BCUT2D eigenvalue weighted by Crippen LogP contribution is -2.07. The van der Waals surface area contributed by atoms with Gasteiger partial charge in [0.1, 0.15) is 5.82 Å². The van der Waals surface area contributed by atoms with E-state index in [1.165, 1.54) is 5.56 Å². The molecule has 0 saturated carbocycles. The van der Waals surface area contributed by atoms with Crippen LogP contribution in [-0.4, -0.2) is 22.7 Å². The second-order valence-electron chi connectivity index (χ2n) is 3.74. The summed E-state index contributed by atoms with van der Waals surface area (Å²) in [6.45, 7) is 4.69. The summed E-state index contributed by atoms with van der Waals surface area (Å²) in [5, 5.41) is 12.3. The number of aryl methyl sites for hydroxylation is 1. The van der Waals surface area contributed by atoms with Gasteiger partial charge in [-0.2, -0.15) is 0 Å². The first-order chi connectivity index (χ1) is 7.09. The molecule has 0 aliphatic heterocycles. The van der Waals surface area contributed by atoms with Crippen LogP contribution in [0, 0.1) is 6.92 Å². The highest BCUT2D eigenvalue weighted by Gasteiger charge is 1.99. The number of nitrogens with one attached hydrogen (secondary N) is 1. The highest BCUT2D eigenvalue weighted by molar-refractivity contribution is 9.10. The molecule has 1 rings (SSSR count). The average molecular weight is 273 g/mol. The predicted octanol–water partition coefficient (Wildman–Crippen LogP) is 2.73. The van der Waals surface area contributed by atoms with Crippen LogP contribution in [0.2, 0.25) is 0 Å². The van der Waals surface area contributed by atoms with Crippen LogP contribution >= 0.6 is 15.9 Å². The standard InChI is InChI=1S/C11H17BrN2O/c1-8-6-11(14-7-10(8)12)13-5-3-4-9(2)15/h6-7,9,15H,3-5H2,1-2H3,(H,13,14). The van der Waals surface area contributed by atoms with Crippen molar-refractivity contribution in [2.45, 2.75) is 32.8 Å². The molecule has 1 atom stereocenters. The lowest BCUT2D eigenvalue weighted by atomic mass is 10.2. The number of hydrogen-bond donors (Lipinski definition) is 2. The van der Waals surface area contributed by atoms with Gasteiger partial charge in [0.15, 0.2) is 0 Å². The van der Waals surface area contributed by atoms with Gasteiger partial charge < -0.3 is 10.4 Å². The molecule has 0 aromatic carbocycles. The van der Waals surface area contributed by atoms with Crippen LogP contribution in [0.1, 0.15) is 25.3 Å². The SMILES string of the molecule is Cc1cc(NCCCC(C)O)ncc1Br. The van der Waals surface area contributed by atoms with Crippen LogP contribution in [0.5, 0.6) is 0 Å². The number of anilines is 1. The third kappa shape index (κ3) is 4.62. The van der Waals surface area contributed by atoms with Gasteiger partial charge in [-0.3, -0.25) is 0 Å². The van der Waals surface area contributed by atoms with Gasteiger partial charge in [0.05, 0.1) is 6.10 Å². The van der Waals surface area contributed by atoms with E-state index < -0.39 is 0 Å². The summed E-state index contributed by atoms with van der Waals surface area (Å²) in [6, 6.07) is 2.01. The van der Waals surface area contributed by atoms with Gasteiger partial charge in [0, 0.05) is 17.2 Å². The third-order valence-electron chi connectivity index (χ3n) is 2.15. The van der Waals surface area contributed by atoms with E-state index in [1.54, 1.807) is 6.20 Å². The Morgan fingerprint density at radius 1 is 1.60 bits per heavy atom. The number of aliphatic hydroxyl groups excluding tert-OH is 1. The summed E-state index contributed by atoms with van der Waals surface area (Å²) in [5.74, 6) is 0.890. The molecule has 4 heteroatoms. The molecule has 0 aliphatic carbocycles. The van der Waals surface area contributed by atoms with E-state index in [2.05, 4.69) is 26.2 Å². The van der Waals surface area contributed by atoms with E-state index in [1.807, 2.05) is 19.9 Å². The average Bonchev–Trinajstić information content (AvgIpc) is 2.18. The highest BCUT2D eigenvalue weighted by atomic mass is 79.9. The molecule has 15 heavy (non-hydrogen) atoms. The number of pyridine rings is 1. The molecule has 1 aromatic rings. The summed E-state index contributed by atoms with van der Waals surface area (Å²) in [6.07, 6.45) is 3.36. The minimum absolute atomic E-state index is 0.216. The van der Waals surface area contributed by atoms with E-state index in [0.29, 0.717) is 0 Å². The number of hydrogen-bond acceptors (Lipinski definition) is 3. The largest absolute Gasteiger partial charge is 0.393 e. The fourth-order valence-corrected chi connectivity index (χ4v) is 1.47. The minimum Gasteiger partial charge on any atom is -0.393 e. The van der Waals surface area contributed by atoms with E-state index in [9.17, 15) is 0 Å². The Kier molecular flexibility index (Phi) is 5.05. The smallest absolute Gasteiger partial charge is 0.126 e. The van der Waals surface area contributed by atoms with Crippen molar-refractivity contribution >= 4 is 21.7 Å². The highest BCUT2D eigenvalue weighted by Crippen LogP contribution is 2.17. The molecule has 3 nitrogen and oxygen atoms in total. The lowest BCUT2D eigenvalue weighted by Gasteiger charge is -2.07. The van der Waals surface area contributed by atoms with Crippen molar-refractivity contribution < 1.29 is 5.11 Å². The predicted molar refractivity (Wildman–Crippen MR) is 66.1 cm³/mol. The van der Waals surface area contributed by atoms with Crippen molar-refractivity contribution in [2.75, 3.05) is 11.9 Å². The monoisotopic (exact) mass is 272 g/mol. The van der Waals surface area contributed by atoms with Gasteiger partial charge in [-0.25, -0.2) is 4.98 Å². The number of halogens is 1. The van der Waals surface area contributed by atoms with Gasteiger partial charge in [0.25, 0.3) is 0 Å². The van der Waals surface area contributed by atoms with Gasteiger partial charge in [0.2, 0.25) is 0 Å². The van der Waals surface area contributed by atoms with E-state index in [4.69, 9.17) is 5.11 Å². The molecule has 0 radical (unpaired) electrons. The first kappa shape index (κ1) is 12.5. The minimum atomic E-state index is -0.216. The number of aliphatic hydroxyl groups is 1. The molecule has 0 amide bonds. The maximum Gasteiger partial charge on any atom is 0.126 e. The van der Waals surface area contributed by atoms with Crippen molar-refractivity contribution in [3.05, 3.63) is 22.3 Å². The molecule has 0 aliphatic rings. The Morgan fingerprint density at radius 3 is 2.93 bits per heavy atom. The van der Waals surface area contributed by atoms with Gasteiger partial charge in [-0.05, 0) is 54.2 Å². The molecule has 0 bridgehead atoms. The van der Waals surface area contributed by atoms with Crippen LogP contribution in [-0.2, 0) is 0 Å². The Hall–Kier alpha value is -0.610. The third-order valence-corrected chi connectivity index (χ3v) is 2.98. The topological polar surface area (TPSA) is 45.1 Å². The summed E-state index contributed by atoms with van der Waals surface area (Å²) < 4.78 is 1.03. The second-order valence-corrected chi connectivity index (χ2v) is 4.59. The summed E-state index contributed by atoms with van der Waals surface area (Å²) in [7, 11) is 0. The van der Waals surface area contributed by atoms with E-state index in [0.717, 1.165) is 29.7 Å². The Bertz CT molecular complexity index is 315. The first-order valence-electron chi connectivity index (χ1n) is 5.13. The number of nitrogens with zero attached hydrogens (tertiary/aromatic N) is 1. The van der Waals surface area contributed by atoms with E-state index in [-0.39, 0.29) is 6.10 Å². The van der Waals surface area contributed by atoms with Crippen LogP contribution in [0.3, 0.4) is 0 Å². The zero-order chi connectivity index (χ0) is 11.3. The zero-order valence-corrected chi connectivity index (χ0v) is 10.7. The maximum atomic E-state index is 9.08. The Morgan fingerprint density at radius 2 is 2.33 bits per heavy atom. The lowest BCUT2D eigenvalue weighted by molar-refractivity contribution is 0.183. The van der Waals surface area contributed by atoms with Crippen LogP contribution in [0.4, 0.5) is 5.82 Å². The summed E-state index contributed by atoms with van der Waals surface area (Å²) >= 11 is 3.41. The number of rotatable bonds is 5. The number of aromatic nitrogens is 1. The molecule has 2 N–H and O–H groups in total. The Balaban J connectivity index is 2.35. The first-order valence-corrected chi connectivity index (χ1v) is 5.93. The van der Waals surface area contributed by atoms with Crippen LogP contribution in [0.25, 0.3) is 0 Å². The fourth-order valence-electron chi connectivity index (χ4n) is 1.25. The normalized spacial score (nSPS) is 12.5. The van der Waals surface area contributed by atoms with Crippen molar-refractivity contribution in [3.63, 3.8) is 0 Å². The van der Waals surface area contributed by atoms with Gasteiger partial charge >= 0.3 is 0 Å². The Labute approximate surface area is 99.1 Å².